The Morgan fingerprint density at radius 1 is 1.37 bits per heavy atom. The van der Waals surface area contributed by atoms with Crippen molar-refractivity contribution in [1.29, 1.82) is 0 Å². The molecule has 0 aliphatic carbocycles. The Bertz CT molecular complexity index is 597. The molecule has 0 radical (unpaired) electrons. The minimum absolute atomic E-state index is 0.0711. The quantitative estimate of drug-likeness (QED) is 0.866. The van der Waals surface area contributed by atoms with Gasteiger partial charge in [-0.1, -0.05) is 11.6 Å². The van der Waals surface area contributed by atoms with Gasteiger partial charge in [-0.3, -0.25) is 4.98 Å². The van der Waals surface area contributed by atoms with Gasteiger partial charge in [0.15, 0.2) is 11.5 Å². The molecule has 0 unspecified atom stereocenters. The van der Waals surface area contributed by atoms with Crippen molar-refractivity contribution in [3.05, 3.63) is 29.4 Å². The lowest BCUT2D eigenvalue weighted by atomic mass is 10.2. The summed E-state index contributed by atoms with van der Waals surface area (Å²) in [5, 5.41) is 1.51. The van der Waals surface area contributed by atoms with Gasteiger partial charge in [-0.05, 0) is 12.1 Å². The van der Waals surface area contributed by atoms with Gasteiger partial charge in [0.2, 0.25) is 0 Å². The first-order valence-corrected chi connectivity index (χ1v) is 6.52. The monoisotopic (exact) mass is 279 g/mol. The summed E-state index contributed by atoms with van der Waals surface area (Å²) >= 11 is 6.18. The van der Waals surface area contributed by atoms with Crippen molar-refractivity contribution < 1.29 is 14.2 Å². The summed E-state index contributed by atoms with van der Waals surface area (Å²) in [6, 6.07) is 5.48. The molecule has 1 saturated heterocycles. The van der Waals surface area contributed by atoms with E-state index in [9.17, 15) is 0 Å². The summed E-state index contributed by atoms with van der Waals surface area (Å²) in [7, 11) is 1.61. The molecule has 4 nitrogen and oxygen atoms in total. The molecule has 1 aromatic heterocycles. The van der Waals surface area contributed by atoms with Gasteiger partial charge < -0.3 is 14.2 Å². The van der Waals surface area contributed by atoms with Crippen molar-refractivity contribution in [2.24, 2.45) is 0 Å². The lowest BCUT2D eigenvalue weighted by Gasteiger charge is -2.15. The van der Waals surface area contributed by atoms with Crippen molar-refractivity contribution in [2.45, 2.75) is 12.5 Å². The number of nitrogens with zero attached hydrogens (tertiary/aromatic N) is 1. The van der Waals surface area contributed by atoms with Crippen molar-refractivity contribution in [3.8, 4) is 11.5 Å². The lowest BCUT2D eigenvalue weighted by Crippen LogP contribution is -2.16. The fourth-order valence-corrected chi connectivity index (χ4v) is 2.36. The van der Waals surface area contributed by atoms with Crippen LogP contribution in [0.4, 0.5) is 0 Å². The molecular formula is C14H14ClNO3. The number of methoxy groups -OCH3 is 1. The molecule has 3 rings (SSSR count). The molecule has 1 aromatic carbocycles. The molecule has 1 atom stereocenters. The fraction of sp³-hybridized carbons (Fsp3) is 0.357. The van der Waals surface area contributed by atoms with Crippen LogP contribution in [0.5, 0.6) is 11.5 Å². The Kier molecular flexibility index (Phi) is 3.44. The van der Waals surface area contributed by atoms with Crippen LogP contribution >= 0.6 is 11.6 Å². The lowest BCUT2D eigenvalue weighted by molar-refractivity contribution is 0.139. The van der Waals surface area contributed by atoms with Gasteiger partial charge in [-0.25, -0.2) is 0 Å². The molecule has 1 fully saturated rings. The Labute approximate surface area is 116 Å². The molecular weight excluding hydrogens is 266 g/mol. The second-order valence-electron chi connectivity index (χ2n) is 4.42. The standard InChI is InChI=1S/C14H14ClNO3/c1-17-13-7-12-10(11(15)2-4-16-12)6-14(13)19-9-3-5-18-8-9/h2,4,6-7,9H,3,5,8H2,1H3/t9-/m0/s1. The minimum Gasteiger partial charge on any atom is -0.493 e. The van der Waals surface area contributed by atoms with Crippen molar-refractivity contribution >= 4 is 22.5 Å². The number of fused-ring (bicyclic) bond motifs is 1. The molecule has 19 heavy (non-hydrogen) atoms. The van der Waals surface area contributed by atoms with E-state index in [0.29, 0.717) is 23.1 Å². The van der Waals surface area contributed by atoms with Gasteiger partial charge in [0.1, 0.15) is 6.10 Å². The van der Waals surface area contributed by atoms with Gasteiger partial charge in [-0.15, -0.1) is 0 Å². The highest BCUT2D eigenvalue weighted by molar-refractivity contribution is 6.35. The fourth-order valence-electron chi connectivity index (χ4n) is 2.16. The maximum Gasteiger partial charge on any atom is 0.162 e. The topological polar surface area (TPSA) is 40.6 Å². The second kappa shape index (κ2) is 5.23. The first-order valence-electron chi connectivity index (χ1n) is 6.14. The maximum atomic E-state index is 6.18. The van der Waals surface area contributed by atoms with E-state index in [-0.39, 0.29) is 6.10 Å². The second-order valence-corrected chi connectivity index (χ2v) is 4.82. The van der Waals surface area contributed by atoms with Crippen LogP contribution < -0.4 is 9.47 Å². The molecule has 0 spiro atoms. The first kappa shape index (κ1) is 12.5. The number of rotatable bonds is 3. The number of benzene rings is 1. The van der Waals surface area contributed by atoms with E-state index in [1.54, 1.807) is 19.4 Å². The van der Waals surface area contributed by atoms with E-state index in [2.05, 4.69) is 4.98 Å². The largest absolute Gasteiger partial charge is 0.493 e. The molecule has 0 amide bonds. The number of halogens is 1. The summed E-state index contributed by atoms with van der Waals surface area (Å²) in [6.45, 7) is 1.35. The summed E-state index contributed by atoms with van der Waals surface area (Å²) in [5.41, 5.74) is 0.791. The van der Waals surface area contributed by atoms with Gasteiger partial charge in [0.05, 0.1) is 30.9 Å². The molecule has 5 heteroatoms. The number of ether oxygens (including phenoxy) is 3. The zero-order chi connectivity index (χ0) is 13.2. The van der Waals surface area contributed by atoms with Crippen LogP contribution in [0.15, 0.2) is 24.4 Å². The highest BCUT2D eigenvalue weighted by Gasteiger charge is 2.19. The van der Waals surface area contributed by atoms with Crippen molar-refractivity contribution in [1.82, 2.24) is 4.98 Å². The highest BCUT2D eigenvalue weighted by Crippen LogP contribution is 2.35. The summed E-state index contributed by atoms with van der Waals surface area (Å²) in [5.74, 6) is 1.34. The van der Waals surface area contributed by atoms with Gasteiger partial charge >= 0.3 is 0 Å². The van der Waals surface area contributed by atoms with E-state index < -0.39 is 0 Å². The first-order chi connectivity index (χ1) is 9.28. The molecule has 100 valence electrons. The van der Waals surface area contributed by atoms with Crippen LogP contribution in [0.1, 0.15) is 6.42 Å². The van der Waals surface area contributed by atoms with Crippen LogP contribution in [-0.2, 0) is 4.74 Å². The third-order valence-electron chi connectivity index (χ3n) is 3.16. The Morgan fingerprint density at radius 2 is 2.26 bits per heavy atom. The van der Waals surface area contributed by atoms with E-state index in [4.69, 9.17) is 25.8 Å². The van der Waals surface area contributed by atoms with Gasteiger partial charge in [0, 0.05) is 24.1 Å². The maximum absolute atomic E-state index is 6.18. The molecule has 0 bridgehead atoms. The SMILES string of the molecule is COc1cc2nccc(Cl)c2cc1O[C@H]1CCOC1. The van der Waals surface area contributed by atoms with Crippen molar-refractivity contribution in [3.63, 3.8) is 0 Å². The average Bonchev–Trinajstić information content (AvgIpc) is 2.92. The van der Waals surface area contributed by atoms with Crippen molar-refractivity contribution in [2.75, 3.05) is 20.3 Å². The zero-order valence-electron chi connectivity index (χ0n) is 10.6. The minimum atomic E-state index is 0.0711. The summed E-state index contributed by atoms with van der Waals surface area (Å²) in [6.07, 6.45) is 2.64. The van der Waals surface area contributed by atoms with E-state index in [1.807, 2.05) is 12.1 Å². The Balaban J connectivity index is 2.03. The Hall–Kier alpha value is -1.52. The van der Waals surface area contributed by atoms with E-state index >= 15 is 0 Å². The van der Waals surface area contributed by atoms with Gasteiger partial charge in [-0.2, -0.15) is 0 Å². The number of pyridine rings is 1. The van der Waals surface area contributed by atoms with Crippen LogP contribution in [0.2, 0.25) is 5.02 Å². The number of hydrogen-bond donors (Lipinski definition) is 0. The number of aromatic nitrogens is 1. The molecule has 2 aromatic rings. The van der Waals surface area contributed by atoms with E-state index in [0.717, 1.165) is 23.9 Å². The average molecular weight is 280 g/mol. The van der Waals surface area contributed by atoms with Crippen LogP contribution in [-0.4, -0.2) is 31.4 Å². The molecule has 1 aliphatic rings. The van der Waals surface area contributed by atoms with Crippen LogP contribution in [0.3, 0.4) is 0 Å². The molecule has 1 aliphatic heterocycles. The van der Waals surface area contributed by atoms with Crippen LogP contribution in [0, 0.1) is 0 Å². The van der Waals surface area contributed by atoms with Gasteiger partial charge in [0.25, 0.3) is 0 Å². The molecule has 0 saturated carbocycles. The summed E-state index contributed by atoms with van der Waals surface area (Å²) < 4.78 is 16.6. The third-order valence-corrected chi connectivity index (χ3v) is 3.48. The van der Waals surface area contributed by atoms with Crippen LogP contribution in [0.25, 0.3) is 10.9 Å². The smallest absolute Gasteiger partial charge is 0.162 e. The molecule has 2 heterocycles. The number of hydrogen-bond acceptors (Lipinski definition) is 4. The molecule has 0 N–H and O–H groups in total. The zero-order valence-corrected chi connectivity index (χ0v) is 11.3. The predicted molar refractivity (Wildman–Crippen MR) is 73.2 cm³/mol. The highest BCUT2D eigenvalue weighted by atomic mass is 35.5. The normalized spacial score (nSPS) is 18.7. The predicted octanol–water partition coefficient (Wildman–Crippen LogP) is 3.06. The van der Waals surface area contributed by atoms with E-state index in [1.165, 1.54) is 0 Å². The Morgan fingerprint density at radius 3 is 3.00 bits per heavy atom. The summed E-state index contributed by atoms with van der Waals surface area (Å²) in [4.78, 5) is 4.28. The third kappa shape index (κ3) is 2.46.